The van der Waals surface area contributed by atoms with Crippen molar-refractivity contribution in [2.45, 2.75) is 186 Å². The number of phenols is 2. The second kappa shape index (κ2) is 40.2. The molecule has 2 aromatic carbocycles. The molecule has 0 heterocycles. The summed E-state index contributed by atoms with van der Waals surface area (Å²) < 4.78 is 0. The summed E-state index contributed by atoms with van der Waals surface area (Å²) in [7, 11) is 0. The predicted octanol–water partition coefficient (Wildman–Crippen LogP) is -5.56. The minimum Gasteiger partial charge on any atom is -0.508 e. The number of nitrogens with two attached hydrogens (primary N) is 8. The van der Waals surface area contributed by atoms with Crippen LogP contribution >= 0.6 is 0 Å². The van der Waals surface area contributed by atoms with E-state index in [0.29, 0.717) is 11.1 Å². The number of guanidine groups is 2. The average Bonchev–Trinajstić information content (AvgIpc) is 0.878. The summed E-state index contributed by atoms with van der Waals surface area (Å²) in [5.74, 6) is -13.6. The van der Waals surface area contributed by atoms with Crippen LogP contribution in [0.15, 0.2) is 58.5 Å². The lowest BCUT2D eigenvalue weighted by atomic mass is 9.98. The summed E-state index contributed by atoms with van der Waals surface area (Å²) in [4.78, 5) is 171. The van der Waals surface area contributed by atoms with Crippen molar-refractivity contribution in [2.75, 3.05) is 13.1 Å². The van der Waals surface area contributed by atoms with Crippen LogP contribution in [0.3, 0.4) is 0 Å². The second-order valence-electron chi connectivity index (χ2n) is 24.0. The fraction of sp³-hybridized carbons (Fsp3) is 0.567. The molecular formula is C60H97N19O15. The van der Waals surface area contributed by atoms with Crippen LogP contribution in [0.4, 0.5) is 0 Å². The van der Waals surface area contributed by atoms with Gasteiger partial charge in [0.15, 0.2) is 11.9 Å². The van der Waals surface area contributed by atoms with E-state index >= 15 is 0 Å². The van der Waals surface area contributed by atoms with Gasteiger partial charge in [-0.2, -0.15) is 0 Å². The maximum absolute atomic E-state index is 14.4. The first-order chi connectivity index (χ1) is 44.0. The highest BCUT2D eigenvalue weighted by Gasteiger charge is 2.38. The third-order valence-corrected chi connectivity index (χ3v) is 14.3. The van der Waals surface area contributed by atoms with Crippen LogP contribution in [0.5, 0.6) is 11.5 Å². The molecule has 2 aromatic rings. The average molecular weight is 1320 g/mol. The molecule has 0 aliphatic heterocycles. The van der Waals surface area contributed by atoms with E-state index in [0.717, 1.165) is 6.92 Å². The molecule has 0 fully saturated rings. The number of aliphatic imine (C=N–C) groups is 2. The van der Waals surface area contributed by atoms with Crippen molar-refractivity contribution in [3.63, 3.8) is 0 Å². The summed E-state index contributed by atoms with van der Waals surface area (Å²) in [5.41, 5.74) is 45.9. The number of phenolic OH excluding ortho intramolecular Hbond substituents is 2. The van der Waals surface area contributed by atoms with Crippen molar-refractivity contribution in [1.82, 2.24) is 47.9 Å². The molecule has 0 saturated carbocycles. The smallest absolute Gasteiger partial charge is 0.245 e. The normalized spacial score (nSPS) is 14.6. The molecule has 34 heteroatoms. The van der Waals surface area contributed by atoms with Crippen LogP contribution in [0.25, 0.3) is 0 Å². The van der Waals surface area contributed by atoms with E-state index in [1.54, 1.807) is 39.8 Å². The van der Waals surface area contributed by atoms with Gasteiger partial charge in [0.2, 0.25) is 70.9 Å². The monoisotopic (exact) mass is 1320 g/mol. The second-order valence-corrected chi connectivity index (χ2v) is 24.0. The lowest BCUT2D eigenvalue weighted by Gasteiger charge is -2.30. The Morgan fingerprint density at radius 1 is 0.415 bits per heavy atom. The van der Waals surface area contributed by atoms with Gasteiger partial charge in [-0.05, 0) is 111 Å². The van der Waals surface area contributed by atoms with Crippen LogP contribution in [-0.4, -0.2) is 178 Å². The zero-order chi connectivity index (χ0) is 71.1. The van der Waals surface area contributed by atoms with Crippen molar-refractivity contribution in [1.29, 1.82) is 0 Å². The van der Waals surface area contributed by atoms with Gasteiger partial charge in [-0.15, -0.1) is 0 Å². The molecule has 2 rings (SSSR count). The SMILES string of the molecule is CC(C)C[C@H](NC(=O)[C@H](CC(N)=O)NC(=O)[C@H](CC(C)C)NC(=O)[C@@H](N)Cc1ccc(O)cc1)C(=O)N[C@H](C(=O)N[C@H](C(=O)N[C@@H](CCCN=C(N)N)C(=O)N[C@@H](CCC(N)=O)C(=O)N[C@@H](CCCN=C(N)N)C(=O)N[C@@H](Cc1ccc(O)cc1)C(N)=O)[C@@H](C)O)C(C)C. The molecule has 0 aliphatic carbocycles. The van der Waals surface area contributed by atoms with Crippen LogP contribution in [0.2, 0.25) is 0 Å². The van der Waals surface area contributed by atoms with E-state index < -0.39 is 163 Å². The number of hydrogen-bond acceptors (Lipinski definition) is 18. The predicted molar refractivity (Wildman–Crippen MR) is 346 cm³/mol. The molecule has 522 valence electrons. The van der Waals surface area contributed by atoms with Crippen molar-refractivity contribution < 1.29 is 72.9 Å². The number of rotatable bonds is 42. The van der Waals surface area contributed by atoms with Gasteiger partial charge in [0.25, 0.3) is 0 Å². The zero-order valence-electron chi connectivity index (χ0n) is 54.1. The standard InChI is InChI=1S/C60H97N19O15/c1-29(2)24-42(75-50(86)37(61)26-33-12-16-35(81)17-13-33)54(90)77-44(28-46(63)84)55(91)76-43(25-30(3)4)56(92)78-47(31(5)6)57(93)79-48(32(7)80)58(94)73-39(11-9-23-70-60(67)68)51(87)72-40(20-21-45(62)83)53(89)71-38(10-8-22-69-59(65)66)52(88)74-41(49(64)85)27-34-14-18-36(82)19-15-34/h12-19,29-32,37-44,47-48,80-82H,8-11,20-28,61H2,1-7H3,(H2,62,83)(H2,63,84)(H2,64,85)(H,71,89)(H,72,87)(H,73,94)(H,74,88)(H,75,86)(H,76,91)(H,77,90)(H,78,92)(H,79,93)(H4,65,66,69)(H4,67,68,70)/t32-,37+,38+,39+,40+,41+,42+,43+,44+,47+,48+/m1/s1. The molecule has 94 heavy (non-hydrogen) atoms. The highest BCUT2D eigenvalue weighted by atomic mass is 16.3. The topological polar surface area (TPSA) is 607 Å². The van der Waals surface area contributed by atoms with E-state index in [1.165, 1.54) is 50.2 Å². The number of primary amides is 3. The third-order valence-electron chi connectivity index (χ3n) is 14.3. The first-order valence-electron chi connectivity index (χ1n) is 30.7. The van der Waals surface area contributed by atoms with E-state index in [-0.39, 0.29) is 99.7 Å². The van der Waals surface area contributed by atoms with Crippen molar-refractivity contribution in [2.24, 2.45) is 73.6 Å². The Labute approximate surface area is 545 Å². The van der Waals surface area contributed by atoms with Crippen LogP contribution in [0, 0.1) is 17.8 Å². The third kappa shape index (κ3) is 30.5. The number of benzene rings is 2. The first kappa shape index (κ1) is 80.2. The number of nitrogens with zero attached hydrogens (tertiary/aromatic N) is 2. The lowest BCUT2D eigenvalue weighted by molar-refractivity contribution is -0.138. The lowest BCUT2D eigenvalue weighted by Crippen LogP contribution is -2.63. The van der Waals surface area contributed by atoms with Gasteiger partial charge in [-0.1, -0.05) is 65.8 Å². The Hall–Kier alpha value is -9.86. The summed E-state index contributed by atoms with van der Waals surface area (Å²) in [5, 5.41) is 53.0. The minimum atomic E-state index is -1.87. The molecule has 11 atom stereocenters. The van der Waals surface area contributed by atoms with Crippen LogP contribution in [-0.2, 0) is 70.4 Å². The number of hydrogen-bond donors (Lipinski definition) is 20. The molecule has 28 N–H and O–H groups in total. The van der Waals surface area contributed by atoms with E-state index in [2.05, 4.69) is 57.8 Å². The summed E-state index contributed by atoms with van der Waals surface area (Å²) in [6.07, 6.45) is -3.87. The quantitative estimate of drug-likeness (QED) is 0.0167. The Balaban J connectivity index is 2.45. The molecule has 0 spiro atoms. The Bertz CT molecular complexity index is 2960. The number of carbonyl (C=O) groups excluding carboxylic acids is 12. The maximum Gasteiger partial charge on any atom is 0.245 e. The number of aliphatic hydroxyl groups is 1. The molecule has 0 radical (unpaired) electrons. The summed E-state index contributed by atoms with van der Waals surface area (Å²) in [6.45, 7) is 11.1. The van der Waals surface area contributed by atoms with Crippen LogP contribution in [0.1, 0.15) is 117 Å². The first-order valence-corrected chi connectivity index (χ1v) is 30.7. The van der Waals surface area contributed by atoms with E-state index in [9.17, 15) is 72.9 Å². The Morgan fingerprint density at radius 2 is 0.766 bits per heavy atom. The highest BCUT2D eigenvalue weighted by molar-refractivity contribution is 6.00. The molecular weight excluding hydrogens is 1230 g/mol. The van der Waals surface area contributed by atoms with Crippen molar-refractivity contribution >= 4 is 82.8 Å². The number of nitrogens with one attached hydrogen (secondary N) is 9. The molecule has 0 unspecified atom stereocenters. The summed E-state index contributed by atoms with van der Waals surface area (Å²) >= 11 is 0. The molecule has 0 aromatic heterocycles. The van der Waals surface area contributed by atoms with Gasteiger partial charge in [0.1, 0.15) is 65.9 Å². The van der Waals surface area contributed by atoms with Gasteiger partial charge < -0.3 is 109 Å². The number of aliphatic hydroxyl groups excluding tert-OH is 1. The van der Waals surface area contributed by atoms with Gasteiger partial charge >= 0.3 is 0 Å². The molecule has 34 nitrogen and oxygen atoms in total. The fourth-order valence-corrected chi connectivity index (χ4v) is 9.32. The number of aromatic hydroxyl groups is 2. The van der Waals surface area contributed by atoms with Crippen molar-refractivity contribution in [3.8, 4) is 11.5 Å². The largest absolute Gasteiger partial charge is 0.508 e. The van der Waals surface area contributed by atoms with E-state index in [1.807, 2.05) is 0 Å². The zero-order valence-corrected chi connectivity index (χ0v) is 54.1. The molecule has 0 aliphatic rings. The molecule has 0 bridgehead atoms. The van der Waals surface area contributed by atoms with Crippen molar-refractivity contribution in [3.05, 3.63) is 59.7 Å². The Kier molecular flexibility index (Phi) is 34.3. The fourth-order valence-electron chi connectivity index (χ4n) is 9.32. The van der Waals surface area contributed by atoms with E-state index in [4.69, 9.17) is 45.9 Å². The van der Waals surface area contributed by atoms with Crippen LogP contribution < -0.4 is 93.7 Å². The van der Waals surface area contributed by atoms with Gasteiger partial charge in [-0.25, -0.2) is 0 Å². The molecule has 0 saturated heterocycles. The Morgan fingerprint density at radius 3 is 1.17 bits per heavy atom. The highest BCUT2D eigenvalue weighted by Crippen LogP contribution is 2.16. The summed E-state index contributed by atoms with van der Waals surface area (Å²) in [6, 6.07) is -3.30. The van der Waals surface area contributed by atoms with Gasteiger partial charge in [0, 0.05) is 25.9 Å². The number of amides is 12. The maximum atomic E-state index is 14.4. The minimum absolute atomic E-state index is 0.00227. The van der Waals surface area contributed by atoms with Gasteiger partial charge in [0.05, 0.1) is 18.6 Å². The van der Waals surface area contributed by atoms with Gasteiger partial charge in [-0.3, -0.25) is 67.5 Å². The molecule has 12 amide bonds. The number of carbonyl (C=O) groups is 12.